The fraction of sp³-hybridized carbons (Fsp3) is 0.200. The summed E-state index contributed by atoms with van der Waals surface area (Å²) in [4.78, 5) is 14.9. The maximum Gasteiger partial charge on any atom is 0.269 e. The number of ether oxygens (including phenoxy) is 1. The highest BCUT2D eigenvalue weighted by Crippen LogP contribution is 2.28. The molecule has 3 rings (SSSR count). The first kappa shape index (κ1) is 19.1. The molecule has 0 unspecified atom stereocenters. The number of non-ortho nitro benzene ring substituents is 1. The van der Waals surface area contributed by atoms with Gasteiger partial charge in [-0.15, -0.1) is 0 Å². The van der Waals surface area contributed by atoms with Crippen LogP contribution in [0.5, 0.6) is 11.5 Å². The highest BCUT2D eigenvalue weighted by atomic mass is 16.6. The standard InChI is InChI=1S/C20H20N4O4/c1-4-28-19-11-15(5-10-18(19)25)12-21-20-13(2)22-23(14(20)3)16-6-8-17(9-7-16)24(26)27/h5-12,25H,4H2,1-3H3. The Bertz CT molecular complexity index is 1040. The Balaban J connectivity index is 1.91. The van der Waals surface area contributed by atoms with Gasteiger partial charge < -0.3 is 9.84 Å². The quantitative estimate of drug-likeness (QED) is 0.391. The molecule has 3 aromatic rings. The summed E-state index contributed by atoms with van der Waals surface area (Å²) in [7, 11) is 0. The molecule has 0 fully saturated rings. The first-order valence-corrected chi connectivity index (χ1v) is 8.71. The van der Waals surface area contributed by atoms with Crippen LogP contribution >= 0.6 is 0 Å². The Kier molecular flexibility index (Phi) is 5.39. The number of aryl methyl sites for hydroxylation is 1. The predicted molar refractivity (Wildman–Crippen MR) is 106 cm³/mol. The van der Waals surface area contributed by atoms with Gasteiger partial charge in [0.05, 0.1) is 28.6 Å². The van der Waals surface area contributed by atoms with E-state index in [-0.39, 0.29) is 11.4 Å². The number of phenolic OH excluding ortho intramolecular Hbond substituents is 1. The Morgan fingerprint density at radius 3 is 2.61 bits per heavy atom. The molecule has 8 nitrogen and oxygen atoms in total. The molecule has 0 spiro atoms. The van der Waals surface area contributed by atoms with Gasteiger partial charge in [-0.05, 0) is 56.7 Å². The Morgan fingerprint density at radius 1 is 1.25 bits per heavy atom. The molecular weight excluding hydrogens is 360 g/mol. The highest BCUT2D eigenvalue weighted by Gasteiger charge is 2.13. The van der Waals surface area contributed by atoms with Crippen molar-refractivity contribution in [2.45, 2.75) is 20.8 Å². The van der Waals surface area contributed by atoms with Crippen LogP contribution in [0.2, 0.25) is 0 Å². The van der Waals surface area contributed by atoms with Crippen LogP contribution < -0.4 is 4.74 Å². The number of phenols is 1. The second kappa shape index (κ2) is 7.91. The number of aromatic hydroxyl groups is 1. The van der Waals surface area contributed by atoms with Gasteiger partial charge in [0.25, 0.3) is 5.69 Å². The van der Waals surface area contributed by atoms with Crippen molar-refractivity contribution in [2.24, 2.45) is 4.99 Å². The average Bonchev–Trinajstić information content (AvgIpc) is 2.96. The molecule has 0 atom stereocenters. The van der Waals surface area contributed by atoms with Crippen LogP contribution in [-0.2, 0) is 0 Å². The maximum atomic E-state index is 10.8. The van der Waals surface area contributed by atoms with Crippen molar-refractivity contribution in [3.8, 4) is 17.2 Å². The van der Waals surface area contributed by atoms with Gasteiger partial charge in [0, 0.05) is 18.3 Å². The molecule has 0 aliphatic carbocycles. The third-order valence-corrected chi connectivity index (χ3v) is 4.18. The number of aliphatic imine (C=N–C) groups is 1. The molecule has 28 heavy (non-hydrogen) atoms. The highest BCUT2D eigenvalue weighted by molar-refractivity contribution is 5.83. The van der Waals surface area contributed by atoms with E-state index in [4.69, 9.17) is 4.74 Å². The van der Waals surface area contributed by atoms with E-state index >= 15 is 0 Å². The zero-order valence-electron chi connectivity index (χ0n) is 15.8. The Morgan fingerprint density at radius 2 is 1.96 bits per heavy atom. The number of rotatable bonds is 6. The maximum absolute atomic E-state index is 10.8. The van der Waals surface area contributed by atoms with Gasteiger partial charge >= 0.3 is 0 Å². The van der Waals surface area contributed by atoms with Crippen molar-refractivity contribution < 1.29 is 14.8 Å². The topological polar surface area (TPSA) is 103 Å². The summed E-state index contributed by atoms with van der Waals surface area (Å²) >= 11 is 0. The van der Waals surface area contributed by atoms with E-state index in [9.17, 15) is 15.2 Å². The molecule has 0 amide bonds. The predicted octanol–water partition coefficient (Wildman–Crippen LogP) is 4.25. The lowest BCUT2D eigenvalue weighted by Crippen LogP contribution is -1.99. The van der Waals surface area contributed by atoms with E-state index in [1.54, 1.807) is 41.2 Å². The second-order valence-corrected chi connectivity index (χ2v) is 6.12. The molecule has 0 aliphatic rings. The van der Waals surface area contributed by atoms with E-state index in [2.05, 4.69) is 10.1 Å². The number of nitrogens with zero attached hydrogens (tertiary/aromatic N) is 4. The minimum atomic E-state index is -0.436. The number of nitro groups is 1. The normalized spacial score (nSPS) is 11.1. The summed E-state index contributed by atoms with van der Waals surface area (Å²) in [5, 5.41) is 25.1. The lowest BCUT2D eigenvalue weighted by Gasteiger charge is -2.06. The van der Waals surface area contributed by atoms with Crippen LogP contribution in [0.25, 0.3) is 5.69 Å². The van der Waals surface area contributed by atoms with Gasteiger partial charge in [-0.2, -0.15) is 5.10 Å². The Labute approximate surface area is 161 Å². The molecule has 144 valence electrons. The van der Waals surface area contributed by atoms with Crippen LogP contribution in [0.1, 0.15) is 23.9 Å². The molecule has 0 saturated heterocycles. The fourth-order valence-electron chi connectivity index (χ4n) is 2.81. The van der Waals surface area contributed by atoms with Crippen LogP contribution in [0, 0.1) is 24.0 Å². The van der Waals surface area contributed by atoms with Crippen LogP contribution in [0.3, 0.4) is 0 Å². The van der Waals surface area contributed by atoms with Crippen molar-refractivity contribution in [3.05, 3.63) is 69.5 Å². The van der Waals surface area contributed by atoms with Gasteiger partial charge in [0.1, 0.15) is 5.69 Å². The van der Waals surface area contributed by atoms with Crippen molar-refractivity contribution in [2.75, 3.05) is 6.61 Å². The summed E-state index contributed by atoms with van der Waals surface area (Å²) in [6.07, 6.45) is 1.68. The molecule has 1 aromatic heterocycles. The van der Waals surface area contributed by atoms with Gasteiger partial charge in [0.15, 0.2) is 11.5 Å². The zero-order valence-corrected chi connectivity index (χ0v) is 15.8. The largest absolute Gasteiger partial charge is 0.504 e. The molecule has 0 bridgehead atoms. The lowest BCUT2D eigenvalue weighted by atomic mass is 10.2. The summed E-state index contributed by atoms with van der Waals surface area (Å²) in [5.74, 6) is 0.485. The number of hydrogen-bond donors (Lipinski definition) is 1. The van der Waals surface area contributed by atoms with Crippen LogP contribution in [0.15, 0.2) is 47.5 Å². The number of hydrogen-bond acceptors (Lipinski definition) is 6. The van der Waals surface area contributed by atoms with Crippen LogP contribution in [-0.4, -0.2) is 32.6 Å². The third kappa shape index (κ3) is 3.85. The molecule has 1 N–H and O–H groups in total. The van der Waals surface area contributed by atoms with Gasteiger partial charge in [-0.3, -0.25) is 15.1 Å². The molecule has 2 aromatic carbocycles. The van der Waals surface area contributed by atoms with E-state index in [0.717, 1.165) is 22.6 Å². The summed E-state index contributed by atoms with van der Waals surface area (Å²) < 4.78 is 7.09. The van der Waals surface area contributed by atoms with Crippen molar-refractivity contribution >= 4 is 17.6 Å². The van der Waals surface area contributed by atoms with E-state index in [0.29, 0.717) is 18.0 Å². The SMILES string of the molecule is CCOc1cc(C=Nc2c(C)nn(-c3ccc([N+](=O)[O-])cc3)c2C)ccc1O. The molecule has 0 radical (unpaired) electrons. The number of benzene rings is 2. The first-order chi connectivity index (χ1) is 13.4. The van der Waals surface area contributed by atoms with E-state index < -0.39 is 4.92 Å². The molecule has 0 saturated carbocycles. The van der Waals surface area contributed by atoms with Crippen molar-refractivity contribution in [1.82, 2.24) is 9.78 Å². The van der Waals surface area contributed by atoms with Gasteiger partial charge in [-0.1, -0.05) is 0 Å². The second-order valence-electron chi connectivity index (χ2n) is 6.12. The smallest absolute Gasteiger partial charge is 0.269 e. The number of nitro benzene ring substituents is 1. The minimum Gasteiger partial charge on any atom is -0.504 e. The van der Waals surface area contributed by atoms with E-state index in [1.807, 2.05) is 20.8 Å². The monoisotopic (exact) mass is 380 g/mol. The summed E-state index contributed by atoms with van der Waals surface area (Å²) in [6.45, 7) is 6.04. The Hall–Kier alpha value is -3.68. The third-order valence-electron chi connectivity index (χ3n) is 4.18. The zero-order chi connectivity index (χ0) is 20.3. The first-order valence-electron chi connectivity index (χ1n) is 8.71. The van der Waals surface area contributed by atoms with Gasteiger partial charge in [-0.25, -0.2) is 4.68 Å². The molecular formula is C20H20N4O4. The van der Waals surface area contributed by atoms with E-state index in [1.165, 1.54) is 12.1 Å². The van der Waals surface area contributed by atoms with Crippen molar-refractivity contribution in [1.29, 1.82) is 0 Å². The molecule has 0 aliphatic heterocycles. The lowest BCUT2D eigenvalue weighted by molar-refractivity contribution is -0.384. The minimum absolute atomic E-state index is 0.0287. The summed E-state index contributed by atoms with van der Waals surface area (Å²) in [6, 6.07) is 11.2. The average molecular weight is 380 g/mol. The number of aromatic nitrogens is 2. The summed E-state index contributed by atoms with van der Waals surface area (Å²) in [5.41, 5.74) is 3.78. The fourth-order valence-corrected chi connectivity index (χ4v) is 2.81. The van der Waals surface area contributed by atoms with Crippen LogP contribution in [0.4, 0.5) is 11.4 Å². The van der Waals surface area contributed by atoms with Gasteiger partial charge in [0.2, 0.25) is 0 Å². The molecule has 8 heteroatoms. The van der Waals surface area contributed by atoms with Crippen molar-refractivity contribution in [3.63, 3.8) is 0 Å². The molecule has 1 heterocycles.